The minimum absolute atomic E-state index is 0.231. The van der Waals surface area contributed by atoms with Gasteiger partial charge in [0.15, 0.2) is 0 Å². The average molecular weight is 233 g/mol. The molecule has 1 saturated heterocycles. The Morgan fingerprint density at radius 3 is 2.47 bits per heavy atom. The summed E-state index contributed by atoms with van der Waals surface area (Å²) in [5.74, 6) is 0. The van der Waals surface area contributed by atoms with Crippen LogP contribution in [0.25, 0.3) is 0 Å². The molecule has 1 atom stereocenters. The monoisotopic (exact) mass is 233 g/mol. The van der Waals surface area contributed by atoms with Gasteiger partial charge in [-0.3, -0.25) is 0 Å². The van der Waals surface area contributed by atoms with Crippen LogP contribution >= 0.6 is 0 Å². The molecule has 0 aromatic heterocycles. The highest BCUT2D eigenvalue weighted by Crippen LogP contribution is 2.22. The lowest BCUT2D eigenvalue weighted by Crippen LogP contribution is -2.16. The van der Waals surface area contributed by atoms with Crippen LogP contribution < -0.4 is 5.32 Å². The minimum Gasteiger partial charge on any atom is -0.372 e. The Morgan fingerprint density at radius 2 is 1.94 bits per heavy atom. The highest BCUT2D eigenvalue weighted by molar-refractivity contribution is 5.27. The zero-order chi connectivity index (χ0) is 12.3. The Balaban J connectivity index is 1.89. The van der Waals surface area contributed by atoms with Crippen LogP contribution in [0.2, 0.25) is 0 Å². The van der Waals surface area contributed by atoms with Crippen molar-refractivity contribution in [1.29, 1.82) is 0 Å². The van der Waals surface area contributed by atoms with Crippen molar-refractivity contribution in [1.82, 2.24) is 5.32 Å². The van der Waals surface area contributed by atoms with Gasteiger partial charge in [0.2, 0.25) is 0 Å². The van der Waals surface area contributed by atoms with Gasteiger partial charge in [-0.1, -0.05) is 45.0 Å². The molecule has 0 saturated carbocycles. The van der Waals surface area contributed by atoms with Gasteiger partial charge >= 0.3 is 0 Å². The van der Waals surface area contributed by atoms with Crippen molar-refractivity contribution in [2.24, 2.45) is 0 Å². The lowest BCUT2D eigenvalue weighted by atomic mass is 9.87. The van der Waals surface area contributed by atoms with Gasteiger partial charge in [0.05, 0.1) is 12.7 Å². The highest BCUT2D eigenvalue weighted by Gasteiger charge is 2.15. The molecule has 0 radical (unpaired) electrons. The number of hydrogen-bond acceptors (Lipinski definition) is 2. The van der Waals surface area contributed by atoms with Crippen LogP contribution in [0, 0.1) is 0 Å². The van der Waals surface area contributed by atoms with Crippen molar-refractivity contribution >= 4 is 0 Å². The van der Waals surface area contributed by atoms with Crippen LogP contribution in [0.1, 0.15) is 38.3 Å². The molecule has 1 fully saturated rings. The van der Waals surface area contributed by atoms with Crippen LogP contribution in [0.5, 0.6) is 0 Å². The van der Waals surface area contributed by atoms with Crippen molar-refractivity contribution in [3.8, 4) is 0 Å². The molecule has 2 heteroatoms. The normalized spacial score (nSPS) is 20.8. The van der Waals surface area contributed by atoms with Gasteiger partial charge in [-0.25, -0.2) is 0 Å². The maximum Gasteiger partial charge on any atom is 0.0721 e. The van der Waals surface area contributed by atoms with E-state index < -0.39 is 0 Å². The van der Waals surface area contributed by atoms with Gasteiger partial charge in [0.25, 0.3) is 0 Å². The van der Waals surface area contributed by atoms with Gasteiger partial charge < -0.3 is 10.1 Å². The summed E-state index contributed by atoms with van der Waals surface area (Å²) < 4.78 is 5.85. The number of rotatable bonds is 3. The topological polar surface area (TPSA) is 21.3 Å². The average Bonchev–Trinajstić information content (AvgIpc) is 2.78. The molecule has 0 amide bonds. The fourth-order valence-corrected chi connectivity index (χ4v) is 2.09. The molecule has 1 heterocycles. The van der Waals surface area contributed by atoms with Crippen LogP contribution in [0.4, 0.5) is 0 Å². The van der Waals surface area contributed by atoms with E-state index in [1.165, 1.54) is 11.1 Å². The zero-order valence-corrected chi connectivity index (χ0v) is 11.1. The maximum atomic E-state index is 5.85. The second kappa shape index (κ2) is 5.19. The maximum absolute atomic E-state index is 5.85. The smallest absolute Gasteiger partial charge is 0.0721 e. The second-order valence-electron chi connectivity index (χ2n) is 5.87. The largest absolute Gasteiger partial charge is 0.372 e. The van der Waals surface area contributed by atoms with E-state index in [1.807, 2.05) is 0 Å². The number of ether oxygens (including phenoxy) is 1. The van der Waals surface area contributed by atoms with Crippen molar-refractivity contribution in [2.75, 3.05) is 13.1 Å². The standard InChI is InChI=1S/C15H23NO/c1-15(2,3)13-6-4-12(5-7-13)11-17-14-8-9-16-10-14/h4-7,14,16H,8-11H2,1-3H3/t14-/m0/s1. The minimum atomic E-state index is 0.231. The Kier molecular flexibility index (Phi) is 3.85. The Hall–Kier alpha value is -0.860. The van der Waals surface area contributed by atoms with E-state index in [0.717, 1.165) is 26.1 Å². The molecule has 0 aliphatic carbocycles. The molecule has 2 rings (SSSR count). The Bertz CT molecular complexity index is 344. The van der Waals surface area contributed by atoms with E-state index >= 15 is 0 Å². The van der Waals surface area contributed by atoms with Crippen molar-refractivity contribution in [3.05, 3.63) is 35.4 Å². The molecule has 0 unspecified atom stereocenters. The zero-order valence-electron chi connectivity index (χ0n) is 11.1. The lowest BCUT2D eigenvalue weighted by molar-refractivity contribution is 0.0542. The quantitative estimate of drug-likeness (QED) is 0.867. The van der Waals surface area contributed by atoms with Crippen molar-refractivity contribution in [2.45, 2.75) is 45.3 Å². The summed E-state index contributed by atoms with van der Waals surface area (Å²) in [6.07, 6.45) is 1.54. The SMILES string of the molecule is CC(C)(C)c1ccc(CO[C@H]2CCNC2)cc1. The molecule has 0 bridgehead atoms. The second-order valence-corrected chi connectivity index (χ2v) is 5.87. The third-order valence-corrected chi connectivity index (χ3v) is 3.32. The fourth-order valence-electron chi connectivity index (χ4n) is 2.09. The summed E-state index contributed by atoms with van der Waals surface area (Å²) in [7, 11) is 0. The lowest BCUT2D eigenvalue weighted by Gasteiger charge is -2.19. The first-order valence-electron chi connectivity index (χ1n) is 6.47. The summed E-state index contributed by atoms with van der Waals surface area (Å²) in [5, 5.41) is 3.31. The van der Waals surface area contributed by atoms with Gasteiger partial charge in [0, 0.05) is 6.54 Å². The Labute approximate surface area is 104 Å². The summed E-state index contributed by atoms with van der Waals surface area (Å²) in [5.41, 5.74) is 2.88. The molecule has 1 N–H and O–H groups in total. The first-order valence-corrected chi connectivity index (χ1v) is 6.47. The van der Waals surface area contributed by atoms with Crippen LogP contribution in [0.15, 0.2) is 24.3 Å². The fraction of sp³-hybridized carbons (Fsp3) is 0.600. The number of nitrogens with one attached hydrogen (secondary N) is 1. The molecular weight excluding hydrogens is 210 g/mol. The summed E-state index contributed by atoms with van der Waals surface area (Å²) >= 11 is 0. The Morgan fingerprint density at radius 1 is 1.24 bits per heavy atom. The van der Waals surface area contributed by atoms with Crippen LogP contribution in [-0.2, 0) is 16.8 Å². The number of hydrogen-bond donors (Lipinski definition) is 1. The third-order valence-electron chi connectivity index (χ3n) is 3.32. The molecule has 1 aliphatic rings. The molecule has 1 aliphatic heterocycles. The van der Waals surface area contributed by atoms with Gasteiger partial charge in [-0.2, -0.15) is 0 Å². The van der Waals surface area contributed by atoms with Crippen LogP contribution in [0.3, 0.4) is 0 Å². The van der Waals surface area contributed by atoms with Gasteiger partial charge in [-0.05, 0) is 29.5 Å². The van der Waals surface area contributed by atoms with Gasteiger partial charge in [0.1, 0.15) is 0 Å². The molecule has 1 aromatic rings. The molecule has 0 spiro atoms. The molecule has 94 valence electrons. The summed E-state index contributed by atoms with van der Waals surface area (Å²) in [6.45, 7) is 9.54. The molecule has 1 aromatic carbocycles. The first kappa shape index (κ1) is 12.6. The number of benzene rings is 1. The predicted molar refractivity (Wildman–Crippen MR) is 71.2 cm³/mol. The summed E-state index contributed by atoms with van der Waals surface area (Å²) in [4.78, 5) is 0. The molecular formula is C15H23NO. The highest BCUT2D eigenvalue weighted by atomic mass is 16.5. The van der Waals surface area contributed by atoms with Crippen molar-refractivity contribution in [3.63, 3.8) is 0 Å². The van der Waals surface area contributed by atoms with E-state index in [1.54, 1.807) is 0 Å². The van der Waals surface area contributed by atoms with E-state index in [2.05, 4.69) is 50.4 Å². The summed E-state index contributed by atoms with van der Waals surface area (Å²) in [6, 6.07) is 8.79. The first-order chi connectivity index (χ1) is 8.05. The van der Waals surface area contributed by atoms with Crippen molar-refractivity contribution < 1.29 is 4.74 Å². The van der Waals surface area contributed by atoms with E-state index in [4.69, 9.17) is 4.74 Å². The van der Waals surface area contributed by atoms with Gasteiger partial charge in [-0.15, -0.1) is 0 Å². The van der Waals surface area contributed by atoms with E-state index in [0.29, 0.717) is 6.10 Å². The molecule has 2 nitrogen and oxygen atoms in total. The van der Waals surface area contributed by atoms with Crippen LogP contribution in [-0.4, -0.2) is 19.2 Å². The molecule has 17 heavy (non-hydrogen) atoms. The van der Waals surface area contributed by atoms with E-state index in [9.17, 15) is 0 Å². The third kappa shape index (κ3) is 3.55. The predicted octanol–water partition coefficient (Wildman–Crippen LogP) is 2.86. The van der Waals surface area contributed by atoms with E-state index in [-0.39, 0.29) is 5.41 Å².